The molecule has 1 aliphatic rings. The van der Waals surface area contributed by atoms with Crippen LogP contribution in [0.1, 0.15) is 46.4 Å². The molecule has 2 aromatic heterocycles. The molecule has 1 saturated heterocycles. The number of carbonyl (C=O) groups is 1. The van der Waals surface area contributed by atoms with E-state index >= 15 is 0 Å². The molecular formula is C16H22N4O3. The molecule has 0 unspecified atom stereocenters. The van der Waals surface area contributed by atoms with Gasteiger partial charge in [-0.3, -0.25) is 4.79 Å². The molecule has 1 atom stereocenters. The monoisotopic (exact) mass is 318 g/mol. The van der Waals surface area contributed by atoms with E-state index in [1.165, 1.54) is 0 Å². The van der Waals surface area contributed by atoms with Crippen molar-refractivity contribution in [2.75, 3.05) is 19.8 Å². The molecule has 1 amide bonds. The number of rotatable bonds is 3. The summed E-state index contributed by atoms with van der Waals surface area (Å²) in [5.41, 5.74) is 2.81. The van der Waals surface area contributed by atoms with Gasteiger partial charge in [0.15, 0.2) is 5.82 Å². The highest BCUT2D eigenvalue weighted by atomic mass is 16.5. The lowest BCUT2D eigenvalue weighted by Gasteiger charge is -2.33. The maximum Gasteiger partial charge on any atom is 0.256 e. The highest BCUT2D eigenvalue weighted by Gasteiger charge is 2.34. The van der Waals surface area contributed by atoms with E-state index in [0.717, 1.165) is 23.5 Å². The van der Waals surface area contributed by atoms with Crippen molar-refractivity contribution >= 4 is 5.91 Å². The molecule has 124 valence electrons. The third kappa shape index (κ3) is 2.76. The van der Waals surface area contributed by atoms with E-state index in [1.807, 2.05) is 19.9 Å². The molecular weight excluding hydrogens is 296 g/mol. The fourth-order valence-electron chi connectivity index (χ4n) is 3.16. The van der Waals surface area contributed by atoms with E-state index in [4.69, 9.17) is 9.26 Å². The molecule has 7 heteroatoms. The molecule has 0 bridgehead atoms. The number of hydrogen-bond donors (Lipinski definition) is 0. The van der Waals surface area contributed by atoms with Gasteiger partial charge in [-0.2, -0.15) is 4.98 Å². The molecule has 0 aromatic carbocycles. The summed E-state index contributed by atoms with van der Waals surface area (Å²) < 4.78 is 12.9. The quantitative estimate of drug-likeness (QED) is 0.866. The van der Waals surface area contributed by atoms with Gasteiger partial charge in [0.25, 0.3) is 11.8 Å². The van der Waals surface area contributed by atoms with Gasteiger partial charge in [-0.1, -0.05) is 5.16 Å². The average Bonchev–Trinajstić information content (AvgIpc) is 3.10. The van der Waals surface area contributed by atoms with E-state index in [9.17, 15) is 4.79 Å². The summed E-state index contributed by atoms with van der Waals surface area (Å²) in [4.78, 5) is 19.1. The molecule has 1 aliphatic heterocycles. The van der Waals surface area contributed by atoms with Gasteiger partial charge < -0.3 is 18.7 Å². The number of aromatic nitrogens is 3. The first-order chi connectivity index (χ1) is 11.0. The van der Waals surface area contributed by atoms with E-state index in [-0.39, 0.29) is 11.9 Å². The topological polar surface area (TPSA) is 73.4 Å². The molecule has 0 N–H and O–H groups in total. The lowest BCUT2D eigenvalue weighted by Crippen LogP contribution is -2.43. The van der Waals surface area contributed by atoms with Gasteiger partial charge in [0.05, 0.1) is 18.8 Å². The van der Waals surface area contributed by atoms with Crippen LogP contribution in [0.3, 0.4) is 0 Å². The third-order valence-corrected chi connectivity index (χ3v) is 4.34. The fourth-order valence-corrected chi connectivity index (χ4v) is 3.16. The number of carbonyl (C=O) groups excluding carboxylic acids is 1. The lowest BCUT2D eigenvalue weighted by molar-refractivity contribution is -0.0119. The number of hydrogen-bond acceptors (Lipinski definition) is 5. The number of aryl methyl sites for hydroxylation is 2. The Hall–Kier alpha value is -2.15. The maximum atomic E-state index is 13.1. The van der Waals surface area contributed by atoms with Crippen LogP contribution in [0.25, 0.3) is 0 Å². The van der Waals surface area contributed by atoms with Crippen LogP contribution < -0.4 is 0 Å². The summed E-state index contributed by atoms with van der Waals surface area (Å²) in [5.74, 6) is 0.976. The van der Waals surface area contributed by atoms with Crippen LogP contribution in [0.2, 0.25) is 0 Å². The molecule has 1 fully saturated rings. The molecule has 2 aromatic rings. The van der Waals surface area contributed by atoms with Crippen molar-refractivity contribution in [3.05, 3.63) is 34.7 Å². The van der Waals surface area contributed by atoms with Gasteiger partial charge in [-0.15, -0.1) is 0 Å². The zero-order valence-electron chi connectivity index (χ0n) is 14.0. The van der Waals surface area contributed by atoms with Gasteiger partial charge in [0, 0.05) is 24.5 Å². The molecule has 3 heterocycles. The van der Waals surface area contributed by atoms with Gasteiger partial charge in [-0.25, -0.2) is 0 Å². The van der Waals surface area contributed by atoms with Crippen molar-refractivity contribution in [1.82, 2.24) is 19.6 Å². The third-order valence-electron chi connectivity index (χ3n) is 4.34. The predicted molar refractivity (Wildman–Crippen MR) is 83.2 cm³/mol. The first kappa shape index (κ1) is 15.7. The first-order valence-corrected chi connectivity index (χ1v) is 7.88. The van der Waals surface area contributed by atoms with Crippen LogP contribution in [-0.4, -0.2) is 45.3 Å². The highest BCUT2D eigenvalue weighted by Crippen LogP contribution is 2.26. The van der Waals surface area contributed by atoms with E-state index in [1.54, 1.807) is 11.8 Å². The lowest BCUT2D eigenvalue weighted by atomic mass is 10.1. The normalized spacial score (nSPS) is 18.4. The average molecular weight is 318 g/mol. The van der Waals surface area contributed by atoms with Crippen molar-refractivity contribution in [2.45, 2.75) is 40.3 Å². The smallest absolute Gasteiger partial charge is 0.256 e. The van der Waals surface area contributed by atoms with Gasteiger partial charge in [-0.05, 0) is 33.8 Å². The summed E-state index contributed by atoms with van der Waals surface area (Å²) in [6.07, 6.45) is 0. The van der Waals surface area contributed by atoms with Crippen LogP contribution in [0.15, 0.2) is 10.6 Å². The Morgan fingerprint density at radius 1 is 1.39 bits per heavy atom. The number of morpholine rings is 1. The van der Waals surface area contributed by atoms with Crippen LogP contribution in [0.5, 0.6) is 0 Å². The second kappa shape index (κ2) is 6.16. The Balaban J connectivity index is 1.93. The van der Waals surface area contributed by atoms with Gasteiger partial charge in [0.1, 0.15) is 6.04 Å². The Morgan fingerprint density at radius 2 is 2.17 bits per heavy atom. The summed E-state index contributed by atoms with van der Waals surface area (Å²) in [6.45, 7) is 10.1. The summed E-state index contributed by atoms with van der Waals surface area (Å²) >= 11 is 0. The van der Waals surface area contributed by atoms with Crippen molar-refractivity contribution in [3.63, 3.8) is 0 Å². The minimum atomic E-state index is -0.331. The van der Waals surface area contributed by atoms with E-state index in [2.05, 4.69) is 21.6 Å². The summed E-state index contributed by atoms with van der Waals surface area (Å²) in [5, 5.41) is 3.82. The second-order valence-electron chi connectivity index (χ2n) is 5.80. The van der Waals surface area contributed by atoms with E-state index in [0.29, 0.717) is 31.5 Å². The predicted octanol–water partition coefficient (Wildman–Crippen LogP) is 2.03. The van der Waals surface area contributed by atoms with Crippen molar-refractivity contribution in [2.24, 2.45) is 0 Å². The van der Waals surface area contributed by atoms with Crippen LogP contribution in [0, 0.1) is 20.8 Å². The zero-order valence-corrected chi connectivity index (χ0v) is 14.0. The Bertz CT molecular complexity index is 719. The Labute approximate surface area is 135 Å². The number of amides is 1. The first-order valence-electron chi connectivity index (χ1n) is 7.88. The second-order valence-corrected chi connectivity index (χ2v) is 5.80. The minimum absolute atomic E-state index is 0.0121. The van der Waals surface area contributed by atoms with Crippen molar-refractivity contribution < 1.29 is 14.1 Å². The zero-order chi connectivity index (χ0) is 16.6. The van der Waals surface area contributed by atoms with Gasteiger partial charge >= 0.3 is 0 Å². The van der Waals surface area contributed by atoms with Crippen molar-refractivity contribution in [3.8, 4) is 0 Å². The summed E-state index contributed by atoms with van der Waals surface area (Å²) in [6, 6.07) is 1.62. The molecule has 0 spiro atoms. The highest BCUT2D eigenvalue weighted by molar-refractivity contribution is 5.96. The molecule has 0 saturated carbocycles. The molecule has 23 heavy (non-hydrogen) atoms. The van der Waals surface area contributed by atoms with Crippen LogP contribution in [-0.2, 0) is 11.3 Å². The SMILES string of the molecule is CCn1c(C)cc(C(=O)N2CCOC[C@H]2c2nc(C)no2)c1C. The van der Waals surface area contributed by atoms with Gasteiger partial charge in [0.2, 0.25) is 0 Å². The molecule has 0 aliphatic carbocycles. The Kier molecular flexibility index (Phi) is 4.21. The van der Waals surface area contributed by atoms with Crippen LogP contribution >= 0.6 is 0 Å². The minimum Gasteiger partial charge on any atom is -0.377 e. The van der Waals surface area contributed by atoms with Crippen molar-refractivity contribution in [1.29, 1.82) is 0 Å². The number of nitrogens with zero attached hydrogens (tertiary/aromatic N) is 4. The Morgan fingerprint density at radius 3 is 2.78 bits per heavy atom. The number of ether oxygens (including phenoxy) is 1. The van der Waals surface area contributed by atoms with Crippen LogP contribution in [0.4, 0.5) is 0 Å². The summed E-state index contributed by atoms with van der Waals surface area (Å²) in [7, 11) is 0. The standard InChI is InChI=1S/C16H22N4O3/c1-5-19-10(2)8-13(11(19)3)16(21)20-6-7-22-9-14(20)15-17-12(4)18-23-15/h8,14H,5-7,9H2,1-4H3/t14-/m0/s1. The maximum absolute atomic E-state index is 13.1. The van der Waals surface area contributed by atoms with E-state index < -0.39 is 0 Å². The largest absolute Gasteiger partial charge is 0.377 e. The fraction of sp³-hybridized carbons (Fsp3) is 0.562. The molecule has 0 radical (unpaired) electrons. The molecule has 7 nitrogen and oxygen atoms in total. The molecule has 3 rings (SSSR count).